The third-order valence-electron chi connectivity index (χ3n) is 7.62. The largest absolute Gasteiger partial charge is 0.396 e. The third-order valence-corrected chi connectivity index (χ3v) is 7.62. The van der Waals surface area contributed by atoms with Crippen molar-refractivity contribution in [1.82, 2.24) is 0 Å². The molecule has 3 nitrogen and oxygen atoms in total. The minimum Gasteiger partial charge on any atom is -0.396 e. The SMILES string of the molecule is CCCCCc1ccc(CCc2ccc(-c3ccc(CCC(CO)CN=O)cc3CC)c(CC)c2)cc1. The van der Waals surface area contributed by atoms with Gasteiger partial charge in [-0.3, -0.25) is 0 Å². The van der Waals surface area contributed by atoms with E-state index in [1.165, 1.54) is 70.2 Å². The fourth-order valence-electron chi connectivity index (χ4n) is 5.17. The predicted molar refractivity (Wildman–Crippen MR) is 157 cm³/mol. The topological polar surface area (TPSA) is 49.7 Å². The van der Waals surface area contributed by atoms with Crippen LogP contribution in [0, 0.1) is 10.8 Å². The van der Waals surface area contributed by atoms with Crippen molar-refractivity contribution in [3.63, 3.8) is 0 Å². The molecule has 1 unspecified atom stereocenters. The molecule has 3 aromatic carbocycles. The first-order chi connectivity index (χ1) is 18.1. The maximum Gasteiger partial charge on any atom is 0.0861 e. The lowest BCUT2D eigenvalue weighted by atomic mass is 9.89. The first-order valence-electron chi connectivity index (χ1n) is 14.3. The van der Waals surface area contributed by atoms with Crippen molar-refractivity contribution >= 4 is 0 Å². The van der Waals surface area contributed by atoms with Crippen LogP contribution in [0.15, 0.2) is 65.8 Å². The van der Waals surface area contributed by atoms with Crippen LogP contribution in [0.2, 0.25) is 0 Å². The molecule has 0 aliphatic rings. The summed E-state index contributed by atoms with van der Waals surface area (Å²) < 4.78 is 0. The molecule has 0 saturated heterocycles. The van der Waals surface area contributed by atoms with Crippen LogP contribution in [0.1, 0.15) is 79.8 Å². The Kier molecular flexibility index (Phi) is 12.0. The van der Waals surface area contributed by atoms with E-state index in [1.807, 2.05) is 0 Å². The summed E-state index contributed by atoms with van der Waals surface area (Å²) in [5, 5.41) is 12.4. The van der Waals surface area contributed by atoms with E-state index in [0.29, 0.717) is 0 Å². The molecule has 0 aliphatic carbocycles. The second-order valence-electron chi connectivity index (χ2n) is 10.4. The van der Waals surface area contributed by atoms with E-state index < -0.39 is 0 Å². The highest BCUT2D eigenvalue weighted by molar-refractivity contribution is 5.71. The second-order valence-corrected chi connectivity index (χ2v) is 10.4. The predicted octanol–water partition coefficient (Wildman–Crippen LogP) is 8.30. The Morgan fingerprint density at radius 2 is 1.19 bits per heavy atom. The smallest absolute Gasteiger partial charge is 0.0861 e. The summed E-state index contributed by atoms with van der Waals surface area (Å²) in [4.78, 5) is 10.6. The maximum absolute atomic E-state index is 10.6. The molecule has 0 radical (unpaired) electrons. The highest BCUT2D eigenvalue weighted by Crippen LogP contribution is 2.31. The molecule has 0 aromatic heterocycles. The monoisotopic (exact) mass is 499 g/mol. The van der Waals surface area contributed by atoms with Gasteiger partial charge in [0, 0.05) is 12.5 Å². The molecular weight excluding hydrogens is 454 g/mol. The number of aryl methyl sites for hydroxylation is 6. The van der Waals surface area contributed by atoms with Crippen LogP contribution < -0.4 is 0 Å². The summed E-state index contributed by atoms with van der Waals surface area (Å²) in [6.45, 7) is 6.92. The average molecular weight is 500 g/mol. The van der Waals surface area contributed by atoms with Gasteiger partial charge in [-0.2, -0.15) is 4.91 Å². The average Bonchev–Trinajstić information content (AvgIpc) is 2.94. The third kappa shape index (κ3) is 8.64. The molecule has 198 valence electrons. The van der Waals surface area contributed by atoms with Crippen molar-refractivity contribution in [2.24, 2.45) is 11.1 Å². The number of nitrogens with zero attached hydrogens (tertiary/aromatic N) is 1. The van der Waals surface area contributed by atoms with Crippen LogP contribution >= 0.6 is 0 Å². The number of nitroso groups, excluding NO2 is 1. The molecule has 0 aliphatic heterocycles. The van der Waals surface area contributed by atoms with Gasteiger partial charge in [-0.25, -0.2) is 0 Å². The van der Waals surface area contributed by atoms with E-state index in [1.54, 1.807) is 0 Å². The Balaban J connectivity index is 1.68. The summed E-state index contributed by atoms with van der Waals surface area (Å²) in [6, 6.07) is 23.0. The van der Waals surface area contributed by atoms with Gasteiger partial charge in [-0.15, -0.1) is 0 Å². The van der Waals surface area contributed by atoms with E-state index in [4.69, 9.17) is 0 Å². The molecule has 1 N–H and O–H groups in total. The summed E-state index contributed by atoms with van der Waals surface area (Å²) in [7, 11) is 0. The quantitative estimate of drug-likeness (QED) is 0.159. The van der Waals surface area contributed by atoms with Crippen molar-refractivity contribution in [2.45, 2.75) is 85.0 Å². The van der Waals surface area contributed by atoms with Crippen LogP contribution in [0.4, 0.5) is 0 Å². The molecule has 0 spiro atoms. The lowest BCUT2D eigenvalue weighted by molar-refractivity contribution is 0.223. The molecule has 3 heteroatoms. The number of aliphatic hydroxyl groups is 1. The minimum atomic E-state index is -0.0507. The summed E-state index contributed by atoms with van der Waals surface area (Å²) in [5.41, 5.74) is 11.0. The van der Waals surface area contributed by atoms with Crippen LogP contribution in [-0.4, -0.2) is 18.3 Å². The Bertz CT molecular complexity index is 1100. The number of hydrogen-bond acceptors (Lipinski definition) is 3. The molecule has 0 fully saturated rings. The first kappa shape index (κ1) is 28.8. The van der Waals surface area contributed by atoms with E-state index in [9.17, 15) is 10.0 Å². The highest BCUT2D eigenvalue weighted by Gasteiger charge is 2.12. The van der Waals surface area contributed by atoms with E-state index in [-0.39, 0.29) is 19.1 Å². The molecule has 0 amide bonds. The second kappa shape index (κ2) is 15.5. The Morgan fingerprint density at radius 3 is 1.70 bits per heavy atom. The fourth-order valence-corrected chi connectivity index (χ4v) is 5.17. The van der Waals surface area contributed by atoms with Crippen LogP contribution in [-0.2, 0) is 38.5 Å². The highest BCUT2D eigenvalue weighted by atomic mass is 16.3. The zero-order chi connectivity index (χ0) is 26.5. The van der Waals surface area contributed by atoms with E-state index in [0.717, 1.165) is 38.5 Å². The van der Waals surface area contributed by atoms with Crippen molar-refractivity contribution in [1.29, 1.82) is 0 Å². The molecule has 3 rings (SSSR count). The number of hydrogen-bond donors (Lipinski definition) is 1. The number of aliphatic hydroxyl groups excluding tert-OH is 1. The maximum atomic E-state index is 10.6. The molecule has 0 saturated carbocycles. The summed E-state index contributed by atoms with van der Waals surface area (Å²) in [5.74, 6) is -0.0507. The lowest BCUT2D eigenvalue weighted by Crippen LogP contribution is -2.11. The molecule has 0 bridgehead atoms. The normalized spacial score (nSPS) is 12.0. The zero-order valence-electron chi connectivity index (χ0n) is 23.1. The van der Waals surface area contributed by atoms with Gasteiger partial charge in [0.2, 0.25) is 0 Å². The minimum absolute atomic E-state index is 0.0149. The van der Waals surface area contributed by atoms with Gasteiger partial charge in [0.1, 0.15) is 0 Å². The number of unbranched alkanes of at least 4 members (excludes halogenated alkanes) is 2. The van der Waals surface area contributed by atoms with Crippen LogP contribution in [0.5, 0.6) is 0 Å². The van der Waals surface area contributed by atoms with Gasteiger partial charge >= 0.3 is 0 Å². The Hall–Kier alpha value is -2.78. The van der Waals surface area contributed by atoms with Gasteiger partial charge in [0.05, 0.1) is 6.54 Å². The number of rotatable bonds is 16. The molecule has 0 heterocycles. The van der Waals surface area contributed by atoms with E-state index in [2.05, 4.69) is 86.6 Å². The molecular formula is C34H45NO2. The standard InChI is InChI=1S/C34H45NO2/c1-4-7-8-9-26-10-12-27(13-11-26)14-15-28-18-20-33(31(5-2)22-28)34-21-19-29(23-32(34)6-3)16-17-30(25-36)24-35-37/h10-13,18-23,30,36H,4-9,14-17,24-25H2,1-3H3. The van der Waals surface area contributed by atoms with E-state index >= 15 is 0 Å². The first-order valence-corrected chi connectivity index (χ1v) is 14.3. The fraction of sp³-hybridized carbons (Fsp3) is 0.471. The summed E-state index contributed by atoms with van der Waals surface area (Å²) in [6.07, 6.45) is 10.8. The lowest BCUT2D eigenvalue weighted by Gasteiger charge is -2.16. The summed E-state index contributed by atoms with van der Waals surface area (Å²) >= 11 is 0. The number of benzene rings is 3. The zero-order valence-corrected chi connectivity index (χ0v) is 23.1. The van der Waals surface area contributed by atoms with Gasteiger partial charge in [-0.1, -0.05) is 99.5 Å². The van der Waals surface area contributed by atoms with Gasteiger partial charge in [-0.05, 0) is 95.9 Å². The van der Waals surface area contributed by atoms with Crippen LogP contribution in [0.3, 0.4) is 0 Å². The van der Waals surface area contributed by atoms with Crippen molar-refractivity contribution < 1.29 is 5.11 Å². The van der Waals surface area contributed by atoms with Gasteiger partial charge in [0.15, 0.2) is 0 Å². The van der Waals surface area contributed by atoms with Gasteiger partial charge in [0.25, 0.3) is 0 Å². The molecule has 3 aromatic rings. The van der Waals surface area contributed by atoms with Crippen LogP contribution in [0.25, 0.3) is 11.1 Å². The van der Waals surface area contributed by atoms with Crippen molar-refractivity contribution in [3.8, 4) is 11.1 Å². The van der Waals surface area contributed by atoms with Crippen molar-refractivity contribution in [3.05, 3.63) is 99.0 Å². The Morgan fingerprint density at radius 1 is 0.676 bits per heavy atom. The molecule has 37 heavy (non-hydrogen) atoms. The Labute approximate surface area is 224 Å². The van der Waals surface area contributed by atoms with Crippen molar-refractivity contribution in [2.75, 3.05) is 13.2 Å². The molecule has 1 atom stereocenters. The van der Waals surface area contributed by atoms with Gasteiger partial charge < -0.3 is 5.11 Å².